The summed E-state index contributed by atoms with van der Waals surface area (Å²) in [4.78, 5) is 4.11. The molecule has 1 unspecified atom stereocenters. The Morgan fingerprint density at radius 1 is 1.59 bits per heavy atom. The Morgan fingerprint density at radius 2 is 2.41 bits per heavy atom. The van der Waals surface area contributed by atoms with E-state index >= 15 is 0 Å². The third-order valence-corrected chi connectivity index (χ3v) is 2.92. The van der Waals surface area contributed by atoms with Crippen molar-refractivity contribution in [2.45, 2.75) is 25.8 Å². The van der Waals surface area contributed by atoms with Crippen LogP contribution in [0.2, 0.25) is 0 Å². The molecule has 0 spiro atoms. The highest BCUT2D eigenvalue weighted by atomic mass is 15.3. The van der Waals surface area contributed by atoms with Gasteiger partial charge in [-0.3, -0.25) is 16.3 Å². The summed E-state index contributed by atoms with van der Waals surface area (Å²) in [7, 11) is 0. The van der Waals surface area contributed by atoms with E-state index in [0.29, 0.717) is 0 Å². The van der Waals surface area contributed by atoms with Gasteiger partial charge in [0.25, 0.3) is 0 Å². The molecule has 2 aromatic rings. The molecule has 0 saturated carbocycles. The summed E-state index contributed by atoms with van der Waals surface area (Å²) in [6.45, 7) is 6.10. The summed E-state index contributed by atoms with van der Waals surface area (Å²) >= 11 is 0. The summed E-state index contributed by atoms with van der Waals surface area (Å²) in [5.74, 6) is 5.61. The quantitative estimate of drug-likeness (QED) is 0.466. The molecule has 0 radical (unpaired) electrons. The molecule has 5 nitrogen and oxygen atoms in total. The average molecular weight is 231 g/mol. The van der Waals surface area contributed by atoms with Crippen molar-refractivity contribution in [3.8, 4) is 0 Å². The third-order valence-electron chi connectivity index (χ3n) is 2.92. The molecule has 1 atom stereocenters. The molecule has 0 aliphatic carbocycles. The molecule has 17 heavy (non-hydrogen) atoms. The van der Waals surface area contributed by atoms with Gasteiger partial charge in [-0.15, -0.1) is 0 Å². The molecule has 2 heterocycles. The predicted molar refractivity (Wildman–Crippen MR) is 67.1 cm³/mol. The highest BCUT2D eigenvalue weighted by molar-refractivity contribution is 5.53. The third kappa shape index (κ3) is 2.35. The molecule has 90 valence electrons. The zero-order valence-electron chi connectivity index (χ0n) is 9.93. The summed E-state index contributed by atoms with van der Waals surface area (Å²) in [6, 6.07) is 0.0316. The van der Waals surface area contributed by atoms with Crippen LogP contribution in [-0.4, -0.2) is 14.6 Å². The molecule has 0 amide bonds. The largest absolute Gasteiger partial charge is 0.271 e. The van der Waals surface area contributed by atoms with Crippen molar-refractivity contribution in [3.05, 3.63) is 42.5 Å². The van der Waals surface area contributed by atoms with Crippen LogP contribution in [0.15, 0.2) is 36.9 Å². The van der Waals surface area contributed by atoms with Crippen LogP contribution in [0, 0.1) is 0 Å². The van der Waals surface area contributed by atoms with Crippen molar-refractivity contribution in [2.24, 2.45) is 5.84 Å². The van der Waals surface area contributed by atoms with Crippen LogP contribution in [-0.2, 0) is 0 Å². The van der Waals surface area contributed by atoms with Crippen LogP contribution in [0.5, 0.6) is 0 Å². The van der Waals surface area contributed by atoms with Gasteiger partial charge in [0.05, 0.1) is 24.0 Å². The summed E-state index contributed by atoms with van der Waals surface area (Å²) in [5.41, 5.74) is 6.01. The average Bonchev–Trinajstić information content (AvgIpc) is 2.79. The van der Waals surface area contributed by atoms with Crippen LogP contribution >= 0.6 is 0 Å². The fraction of sp³-hybridized carbons (Fsp3) is 0.333. The second-order valence-corrected chi connectivity index (χ2v) is 4.03. The summed E-state index contributed by atoms with van der Waals surface area (Å²) < 4.78 is 1.79. The second kappa shape index (κ2) is 5.07. The number of hydrazine groups is 1. The van der Waals surface area contributed by atoms with Crippen molar-refractivity contribution in [1.82, 2.24) is 20.0 Å². The minimum absolute atomic E-state index is 0.0316. The van der Waals surface area contributed by atoms with Crippen LogP contribution in [0.1, 0.15) is 31.4 Å². The molecule has 0 aromatic carbocycles. The second-order valence-electron chi connectivity index (χ2n) is 4.03. The van der Waals surface area contributed by atoms with Crippen molar-refractivity contribution < 1.29 is 0 Å². The van der Waals surface area contributed by atoms with E-state index in [2.05, 4.69) is 29.0 Å². The molecule has 2 rings (SSSR count). The van der Waals surface area contributed by atoms with Crippen molar-refractivity contribution in [1.29, 1.82) is 0 Å². The lowest BCUT2D eigenvalue weighted by Gasteiger charge is -2.15. The SMILES string of the molecule is C=C(CC)CC(NN)c1cnn2ccncc12. The smallest absolute Gasteiger partial charge is 0.0893 e. The maximum Gasteiger partial charge on any atom is 0.0893 e. The van der Waals surface area contributed by atoms with Gasteiger partial charge in [-0.05, 0) is 12.8 Å². The number of rotatable bonds is 5. The molecular weight excluding hydrogens is 214 g/mol. The number of aromatic nitrogens is 3. The molecule has 0 aliphatic heterocycles. The number of nitrogens with two attached hydrogens (primary N) is 1. The lowest BCUT2D eigenvalue weighted by Crippen LogP contribution is -2.28. The van der Waals surface area contributed by atoms with Crippen LogP contribution in [0.4, 0.5) is 0 Å². The first-order valence-electron chi connectivity index (χ1n) is 5.66. The normalized spacial score (nSPS) is 12.8. The minimum atomic E-state index is 0.0316. The molecular formula is C12H17N5. The van der Waals surface area contributed by atoms with Crippen molar-refractivity contribution >= 4 is 5.52 Å². The topological polar surface area (TPSA) is 68.2 Å². The fourth-order valence-corrected chi connectivity index (χ4v) is 1.81. The van der Waals surface area contributed by atoms with Gasteiger partial charge in [0, 0.05) is 18.0 Å². The Kier molecular flexibility index (Phi) is 3.51. The maximum absolute atomic E-state index is 5.61. The van der Waals surface area contributed by atoms with Gasteiger partial charge < -0.3 is 0 Å². The first-order valence-corrected chi connectivity index (χ1v) is 5.66. The van der Waals surface area contributed by atoms with Gasteiger partial charge in [0.15, 0.2) is 0 Å². The van der Waals surface area contributed by atoms with Gasteiger partial charge in [-0.25, -0.2) is 4.52 Å². The van der Waals surface area contributed by atoms with E-state index in [1.165, 1.54) is 0 Å². The van der Waals surface area contributed by atoms with Crippen molar-refractivity contribution in [3.63, 3.8) is 0 Å². The highest BCUT2D eigenvalue weighted by Crippen LogP contribution is 2.24. The Hall–Kier alpha value is -1.72. The Balaban J connectivity index is 2.33. The zero-order chi connectivity index (χ0) is 12.3. The minimum Gasteiger partial charge on any atom is -0.271 e. The molecule has 3 N–H and O–H groups in total. The first kappa shape index (κ1) is 11.8. The van der Waals surface area contributed by atoms with Gasteiger partial charge in [-0.1, -0.05) is 19.1 Å². The van der Waals surface area contributed by atoms with E-state index in [1.54, 1.807) is 16.9 Å². The predicted octanol–water partition coefficient (Wildman–Crippen LogP) is 1.59. The van der Waals surface area contributed by atoms with Gasteiger partial charge >= 0.3 is 0 Å². The van der Waals surface area contributed by atoms with E-state index in [-0.39, 0.29) is 6.04 Å². The maximum atomic E-state index is 5.61. The van der Waals surface area contributed by atoms with Crippen LogP contribution in [0.3, 0.4) is 0 Å². The number of nitrogens with zero attached hydrogens (tertiary/aromatic N) is 3. The van der Waals surface area contributed by atoms with Crippen LogP contribution < -0.4 is 11.3 Å². The molecule has 0 bridgehead atoms. The Bertz CT molecular complexity index is 516. The lowest BCUT2D eigenvalue weighted by atomic mass is 10.0. The number of hydrogen-bond donors (Lipinski definition) is 2. The van der Waals surface area contributed by atoms with Crippen LogP contribution in [0.25, 0.3) is 5.52 Å². The first-order chi connectivity index (χ1) is 8.26. The van der Waals surface area contributed by atoms with E-state index in [0.717, 1.165) is 29.5 Å². The van der Waals surface area contributed by atoms with E-state index in [1.807, 2.05) is 12.4 Å². The fourth-order valence-electron chi connectivity index (χ4n) is 1.81. The van der Waals surface area contributed by atoms with Gasteiger partial charge in [0.1, 0.15) is 0 Å². The Morgan fingerprint density at radius 3 is 3.12 bits per heavy atom. The molecule has 5 heteroatoms. The van der Waals surface area contributed by atoms with E-state index < -0.39 is 0 Å². The highest BCUT2D eigenvalue weighted by Gasteiger charge is 2.15. The summed E-state index contributed by atoms with van der Waals surface area (Å²) in [6.07, 6.45) is 8.91. The van der Waals surface area contributed by atoms with E-state index in [4.69, 9.17) is 5.84 Å². The number of fused-ring (bicyclic) bond motifs is 1. The Labute approximate surface area is 100 Å². The van der Waals surface area contributed by atoms with Gasteiger partial charge in [0.2, 0.25) is 0 Å². The van der Waals surface area contributed by atoms with Crippen molar-refractivity contribution in [2.75, 3.05) is 0 Å². The number of nitrogens with one attached hydrogen (secondary N) is 1. The lowest BCUT2D eigenvalue weighted by molar-refractivity contribution is 0.548. The zero-order valence-corrected chi connectivity index (χ0v) is 9.93. The van der Waals surface area contributed by atoms with E-state index in [9.17, 15) is 0 Å². The molecule has 2 aromatic heterocycles. The van der Waals surface area contributed by atoms with Gasteiger partial charge in [-0.2, -0.15) is 5.10 Å². The summed E-state index contributed by atoms with van der Waals surface area (Å²) in [5, 5.41) is 4.27. The molecule has 0 aliphatic rings. The standard InChI is InChI=1S/C12H17N5/c1-3-9(2)6-11(16-13)10-7-15-17-5-4-14-8-12(10)17/h4-5,7-8,11,16H,2-3,6,13H2,1H3. The monoisotopic (exact) mass is 231 g/mol. The molecule has 0 fully saturated rings. The molecule has 0 saturated heterocycles. The number of hydrogen-bond acceptors (Lipinski definition) is 4.